The molecule has 0 aromatic rings. The van der Waals surface area contributed by atoms with Gasteiger partial charge in [0.15, 0.2) is 0 Å². The molecule has 0 bridgehead atoms. The van der Waals surface area contributed by atoms with E-state index in [1.54, 1.807) is 0 Å². The highest BCUT2D eigenvalue weighted by Crippen LogP contribution is 2.20. The summed E-state index contributed by atoms with van der Waals surface area (Å²) in [4.78, 5) is 2.14. The zero-order valence-electron chi connectivity index (χ0n) is 7.59. The predicted octanol–water partition coefficient (Wildman–Crippen LogP) is 1.97. The van der Waals surface area contributed by atoms with Crippen molar-refractivity contribution in [3.63, 3.8) is 0 Å². The Hall–Kier alpha value is -1.31. The van der Waals surface area contributed by atoms with Crippen LogP contribution in [0.15, 0.2) is 35.6 Å². The van der Waals surface area contributed by atoms with E-state index in [0.29, 0.717) is 0 Å². The van der Waals surface area contributed by atoms with Crippen LogP contribution in [0.2, 0.25) is 0 Å². The maximum atomic E-state index is 7.19. The summed E-state index contributed by atoms with van der Waals surface area (Å²) in [6, 6.07) is 0. The molecule has 2 heteroatoms. The summed E-state index contributed by atoms with van der Waals surface area (Å²) in [5, 5.41) is 7.19. The molecule has 1 rings (SSSR count). The van der Waals surface area contributed by atoms with Gasteiger partial charge in [0.2, 0.25) is 0 Å². The highest BCUT2D eigenvalue weighted by molar-refractivity contribution is 5.84. The van der Waals surface area contributed by atoms with E-state index < -0.39 is 0 Å². The Morgan fingerprint density at radius 3 is 2.83 bits per heavy atom. The largest absolute Gasteiger partial charge is 0.374 e. The van der Waals surface area contributed by atoms with Crippen LogP contribution in [0.1, 0.15) is 6.92 Å². The first kappa shape index (κ1) is 8.78. The van der Waals surface area contributed by atoms with Gasteiger partial charge in [0.05, 0.1) is 0 Å². The first-order valence-corrected chi connectivity index (χ1v) is 3.96. The molecule has 1 aliphatic rings. The van der Waals surface area contributed by atoms with Crippen LogP contribution < -0.4 is 0 Å². The van der Waals surface area contributed by atoms with Gasteiger partial charge in [-0.2, -0.15) is 0 Å². The van der Waals surface area contributed by atoms with Gasteiger partial charge >= 0.3 is 0 Å². The third kappa shape index (κ3) is 1.33. The van der Waals surface area contributed by atoms with Crippen LogP contribution in [-0.4, -0.2) is 24.7 Å². The summed E-state index contributed by atoms with van der Waals surface area (Å²) < 4.78 is 0. The summed E-state index contributed by atoms with van der Waals surface area (Å²) >= 11 is 0. The quantitative estimate of drug-likeness (QED) is 0.617. The lowest BCUT2D eigenvalue weighted by molar-refractivity contribution is 0.455. The van der Waals surface area contributed by atoms with Crippen LogP contribution in [-0.2, 0) is 0 Å². The molecule has 0 amide bonds. The van der Waals surface area contributed by atoms with Crippen molar-refractivity contribution in [1.82, 2.24) is 4.90 Å². The van der Waals surface area contributed by atoms with Crippen molar-refractivity contribution in [3.8, 4) is 0 Å². The van der Waals surface area contributed by atoms with Crippen molar-refractivity contribution >= 4 is 6.21 Å². The van der Waals surface area contributed by atoms with Crippen molar-refractivity contribution in [1.29, 1.82) is 5.41 Å². The lowest BCUT2D eigenvalue weighted by Gasteiger charge is -2.25. The van der Waals surface area contributed by atoms with E-state index >= 15 is 0 Å². The standard InChI is InChI=1S/C10H14N2/c1-4-10-8(2)12(3)6-5-9(10)7-11/h4-5,7,11H,1,6H2,2-3H3. The van der Waals surface area contributed by atoms with E-state index in [4.69, 9.17) is 5.41 Å². The normalized spacial score (nSPS) is 17.5. The predicted molar refractivity (Wildman–Crippen MR) is 52.4 cm³/mol. The third-order valence-corrected chi connectivity index (χ3v) is 2.22. The van der Waals surface area contributed by atoms with Crippen molar-refractivity contribution in [3.05, 3.63) is 35.6 Å². The second kappa shape index (κ2) is 3.39. The second-order valence-corrected chi connectivity index (χ2v) is 2.89. The Balaban J connectivity index is 3.10. The Labute approximate surface area is 73.4 Å². The number of rotatable bonds is 2. The zero-order valence-corrected chi connectivity index (χ0v) is 7.59. The van der Waals surface area contributed by atoms with Gasteiger partial charge in [-0.3, -0.25) is 0 Å². The average molecular weight is 162 g/mol. The number of hydrogen-bond donors (Lipinski definition) is 1. The second-order valence-electron chi connectivity index (χ2n) is 2.89. The minimum Gasteiger partial charge on any atom is -0.374 e. The van der Waals surface area contributed by atoms with E-state index in [2.05, 4.69) is 11.5 Å². The fourth-order valence-corrected chi connectivity index (χ4v) is 1.30. The van der Waals surface area contributed by atoms with Crippen LogP contribution in [0.3, 0.4) is 0 Å². The van der Waals surface area contributed by atoms with Gasteiger partial charge in [-0.05, 0) is 12.5 Å². The molecule has 0 aromatic carbocycles. The molecule has 12 heavy (non-hydrogen) atoms. The van der Waals surface area contributed by atoms with E-state index in [-0.39, 0.29) is 0 Å². The Bertz CT molecular complexity index is 272. The average Bonchev–Trinajstić information content (AvgIpc) is 2.09. The third-order valence-electron chi connectivity index (χ3n) is 2.22. The molecule has 0 aliphatic carbocycles. The van der Waals surface area contributed by atoms with E-state index in [1.807, 2.05) is 26.1 Å². The van der Waals surface area contributed by atoms with Crippen molar-refractivity contribution < 1.29 is 0 Å². The summed E-state index contributed by atoms with van der Waals surface area (Å²) in [6.45, 7) is 6.67. The molecular formula is C10H14N2. The number of likely N-dealkylation sites (N-methyl/N-ethyl adjacent to an activating group) is 1. The van der Waals surface area contributed by atoms with E-state index in [1.165, 1.54) is 11.9 Å². The Morgan fingerprint density at radius 1 is 1.67 bits per heavy atom. The van der Waals surface area contributed by atoms with Gasteiger partial charge in [0.25, 0.3) is 0 Å². The fraction of sp³-hybridized carbons (Fsp3) is 0.300. The summed E-state index contributed by atoms with van der Waals surface area (Å²) in [5.41, 5.74) is 3.23. The van der Waals surface area contributed by atoms with Crippen LogP contribution in [0.5, 0.6) is 0 Å². The maximum Gasteiger partial charge on any atom is 0.0362 e. The Kier molecular flexibility index (Phi) is 2.48. The Morgan fingerprint density at radius 2 is 2.33 bits per heavy atom. The molecule has 0 fully saturated rings. The highest BCUT2D eigenvalue weighted by Gasteiger charge is 2.11. The minimum atomic E-state index is 0.883. The number of nitrogens with one attached hydrogen (secondary N) is 1. The molecule has 0 saturated carbocycles. The van der Waals surface area contributed by atoms with Crippen molar-refractivity contribution in [2.24, 2.45) is 0 Å². The molecule has 1 heterocycles. The van der Waals surface area contributed by atoms with Gasteiger partial charge in [-0.1, -0.05) is 18.7 Å². The molecule has 0 atom stereocenters. The van der Waals surface area contributed by atoms with Gasteiger partial charge in [-0.25, -0.2) is 0 Å². The van der Waals surface area contributed by atoms with Gasteiger partial charge < -0.3 is 10.3 Å². The zero-order chi connectivity index (χ0) is 9.14. The van der Waals surface area contributed by atoms with Crippen molar-refractivity contribution in [2.75, 3.05) is 13.6 Å². The molecule has 1 aliphatic heterocycles. The number of allylic oxidation sites excluding steroid dienone is 4. The molecule has 0 spiro atoms. The van der Waals surface area contributed by atoms with Crippen LogP contribution in [0.4, 0.5) is 0 Å². The topological polar surface area (TPSA) is 27.1 Å². The SMILES string of the molecule is C=CC1=C(C)N(C)CC=C1C=N. The molecule has 0 radical (unpaired) electrons. The lowest BCUT2D eigenvalue weighted by Crippen LogP contribution is -2.22. The monoisotopic (exact) mass is 162 g/mol. The maximum absolute atomic E-state index is 7.19. The van der Waals surface area contributed by atoms with E-state index in [0.717, 1.165) is 17.7 Å². The van der Waals surface area contributed by atoms with Crippen LogP contribution >= 0.6 is 0 Å². The first-order chi connectivity index (χ1) is 5.70. The van der Waals surface area contributed by atoms with Gasteiger partial charge in [-0.15, -0.1) is 0 Å². The summed E-state index contributed by atoms with van der Waals surface area (Å²) in [7, 11) is 2.04. The first-order valence-electron chi connectivity index (χ1n) is 3.96. The molecule has 0 aromatic heterocycles. The van der Waals surface area contributed by atoms with Crippen LogP contribution in [0.25, 0.3) is 0 Å². The minimum absolute atomic E-state index is 0.883. The fourth-order valence-electron chi connectivity index (χ4n) is 1.30. The number of hydrogen-bond acceptors (Lipinski definition) is 2. The number of nitrogens with zero attached hydrogens (tertiary/aromatic N) is 1. The van der Waals surface area contributed by atoms with Crippen LogP contribution in [0, 0.1) is 5.41 Å². The highest BCUT2D eigenvalue weighted by atomic mass is 15.1. The molecule has 0 saturated heterocycles. The lowest BCUT2D eigenvalue weighted by atomic mass is 10.0. The molecule has 0 unspecified atom stereocenters. The molecule has 2 nitrogen and oxygen atoms in total. The van der Waals surface area contributed by atoms with Gasteiger partial charge in [0, 0.05) is 31.1 Å². The van der Waals surface area contributed by atoms with Crippen molar-refractivity contribution in [2.45, 2.75) is 6.92 Å². The summed E-state index contributed by atoms with van der Waals surface area (Å²) in [5.74, 6) is 0. The van der Waals surface area contributed by atoms with E-state index in [9.17, 15) is 0 Å². The molecular weight excluding hydrogens is 148 g/mol. The summed E-state index contributed by atoms with van der Waals surface area (Å²) in [6.07, 6.45) is 5.23. The molecule has 64 valence electrons. The molecule has 1 N–H and O–H groups in total. The van der Waals surface area contributed by atoms with Gasteiger partial charge in [0.1, 0.15) is 0 Å². The smallest absolute Gasteiger partial charge is 0.0362 e.